The highest BCUT2D eigenvalue weighted by Gasteiger charge is 2.01. The van der Waals surface area contributed by atoms with Gasteiger partial charge in [0.2, 0.25) is 0 Å². The van der Waals surface area contributed by atoms with Crippen LogP contribution in [0.3, 0.4) is 0 Å². The molecule has 0 aromatic heterocycles. The van der Waals surface area contributed by atoms with Crippen LogP contribution in [0, 0.1) is 0 Å². The lowest BCUT2D eigenvalue weighted by Gasteiger charge is -2.06. The number of halogens is 2. The van der Waals surface area contributed by atoms with Gasteiger partial charge in [0.05, 0.1) is 7.11 Å². The summed E-state index contributed by atoms with van der Waals surface area (Å²) in [5, 5.41) is 2.95. The van der Waals surface area contributed by atoms with Crippen molar-refractivity contribution in [2.75, 3.05) is 25.6 Å². The van der Waals surface area contributed by atoms with Gasteiger partial charge in [0, 0.05) is 18.7 Å². The van der Waals surface area contributed by atoms with E-state index in [1.165, 1.54) is 7.11 Å². The van der Waals surface area contributed by atoms with Crippen LogP contribution < -0.4 is 5.32 Å². The zero-order chi connectivity index (χ0) is 11.8. The number of methoxy groups -OCH3 is 1. The van der Waals surface area contributed by atoms with E-state index in [1.54, 1.807) is 0 Å². The van der Waals surface area contributed by atoms with Crippen LogP contribution in [0.1, 0.15) is 12.0 Å². The maximum absolute atomic E-state index is 12.0. The largest absolute Gasteiger partial charge is 0.469 e. The minimum atomic E-state index is -0.396. The lowest BCUT2D eigenvalue weighted by Crippen LogP contribution is -2.04. The molecule has 0 bridgehead atoms. The van der Waals surface area contributed by atoms with Gasteiger partial charge in [-0.3, -0.25) is 4.79 Å². The molecule has 0 unspecified atom stereocenters. The highest BCUT2D eigenvalue weighted by molar-refractivity contribution is 5.85. The maximum atomic E-state index is 12.0. The van der Waals surface area contributed by atoms with Gasteiger partial charge < -0.3 is 10.1 Å². The van der Waals surface area contributed by atoms with Crippen LogP contribution in [0.2, 0.25) is 0 Å². The zero-order valence-corrected chi connectivity index (χ0v) is 10.6. The number of hydrogen-bond donors (Lipinski definition) is 1. The highest BCUT2D eigenvalue weighted by Crippen LogP contribution is 2.12. The summed E-state index contributed by atoms with van der Waals surface area (Å²) in [4.78, 5) is 11.0. The minimum absolute atomic E-state index is 0. The van der Waals surface area contributed by atoms with Gasteiger partial charge >= 0.3 is 5.97 Å². The van der Waals surface area contributed by atoms with Crippen molar-refractivity contribution >= 4 is 24.1 Å². The fourth-order valence-corrected chi connectivity index (χ4v) is 1.38. The molecule has 1 rings (SSSR count). The molecule has 0 aliphatic carbocycles. The zero-order valence-electron chi connectivity index (χ0n) is 9.74. The van der Waals surface area contributed by atoms with E-state index in [0.29, 0.717) is 19.4 Å². The molecule has 96 valence electrons. The third kappa shape index (κ3) is 6.12. The number of alkyl halides is 1. The normalized spacial score (nSPS) is 9.29. The predicted octanol–water partition coefficient (Wildman–Crippen LogP) is 2.60. The van der Waals surface area contributed by atoms with Gasteiger partial charge in [-0.15, -0.1) is 12.4 Å². The Kier molecular flexibility index (Phi) is 8.15. The molecule has 5 heteroatoms. The molecule has 0 amide bonds. The van der Waals surface area contributed by atoms with Crippen molar-refractivity contribution in [2.24, 2.45) is 0 Å². The molecular weight excluding hydrogens is 245 g/mol. The maximum Gasteiger partial charge on any atom is 0.305 e. The lowest BCUT2D eigenvalue weighted by atomic mass is 10.1. The topological polar surface area (TPSA) is 38.3 Å². The van der Waals surface area contributed by atoms with Crippen LogP contribution in [-0.2, 0) is 16.0 Å². The van der Waals surface area contributed by atoms with Crippen molar-refractivity contribution in [2.45, 2.75) is 12.8 Å². The summed E-state index contributed by atoms with van der Waals surface area (Å²) in [6.45, 7) is -0.0904. The minimum Gasteiger partial charge on any atom is -0.469 e. The molecule has 0 atom stereocenters. The van der Waals surface area contributed by atoms with E-state index >= 15 is 0 Å². The summed E-state index contributed by atoms with van der Waals surface area (Å²) in [6.07, 6.45) is 1.00. The third-order valence-corrected chi connectivity index (χ3v) is 2.20. The number of rotatable bonds is 6. The molecular formula is C12H17ClFNO2. The molecule has 0 saturated carbocycles. The number of aryl methyl sites for hydroxylation is 1. The van der Waals surface area contributed by atoms with Crippen molar-refractivity contribution in [3.63, 3.8) is 0 Å². The first-order valence-electron chi connectivity index (χ1n) is 5.22. The number of ether oxygens (including phenoxy) is 1. The first-order valence-corrected chi connectivity index (χ1v) is 5.22. The Labute approximate surface area is 107 Å². The van der Waals surface area contributed by atoms with Crippen molar-refractivity contribution in [1.82, 2.24) is 0 Å². The van der Waals surface area contributed by atoms with E-state index in [4.69, 9.17) is 0 Å². The van der Waals surface area contributed by atoms with Gasteiger partial charge in [0.25, 0.3) is 0 Å². The van der Waals surface area contributed by atoms with E-state index in [0.717, 1.165) is 11.3 Å². The summed E-state index contributed by atoms with van der Waals surface area (Å²) in [6, 6.07) is 7.60. The fourth-order valence-electron chi connectivity index (χ4n) is 1.38. The molecule has 1 aromatic rings. The number of carbonyl (C=O) groups excluding carboxylic acids is 1. The number of esters is 1. The monoisotopic (exact) mass is 261 g/mol. The Morgan fingerprint density at radius 2 is 2.24 bits per heavy atom. The van der Waals surface area contributed by atoms with Crippen LogP contribution >= 0.6 is 12.4 Å². The molecule has 0 aliphatic heterocycles. The second-order valence-corrected chi connectivity index (χ2v) is 3.39. The average Bonchev–Trinajstić information content (AvgIpc) is 2.34. The molecule has 0 radical (unpaired) electrons. The van der Waals surface area contributed by atoms with Gasteiger partial charge in [0.15, 0.2) is 0 Å². The number of carbonyl (C=O) groups is 1. The summed E-state index contributed by atoms with van der Waals surface area (Å²) < 4.78 is 16.5. The standard InChI is InChI=1S/C12H16FNO2.ClH/c1-16-12(15)6-5-10-3-2-4-11(9-10)14-8-7-13;/h2-4,9,14H,5-8H2,1H3;1H. The van der Waals surface area contributed by atoms with Crippen molar-refractivity contribution in [3.05, 3.63) is 29.8 Å². The van der Waals surface area contributed by atoms with Crippen molar-refractivity contribution < 1.29 is 13.9 Å². The Morgan fingerprint density at radius 1 is 1.47 bits per heavy atom. The smallest absolute Gasteiger partial charge is 0.305 e. The Morgan fingerprint density at radius 3 is 2.88 bits per heavy atom. The molecule has 0 heterocycles. The molecule has 1 aromatic carbocycles. The number of benzene rings is 1. The molecule has 3 nitrogen and oxygen atoms in total. The van der Waals surface area contributed by atoms with Crippen LogP contribution in [-0.4, -0.2) is 26.3 Å². The second-order valence-electron chi connectivity index (χ2n) is 3.39. The Hall–Kier alpha value is -1.29. The number of anilines is 1. The summed E-state index contributed by atoms with van der Waals surface area (Å²) >= 11 is 0. The van der Waals surface area contributed by atoms with E-state index in [2.05, 4.69) is 10.1 Å². The van der Waals surface area contributed by atoms with Gasteiger partial charge in [0.1, 0.15) is 6.67 Å². The fraction of sp³-hybridized carbons (Fsp3) is 0.417. The van der Waals surface area contributed by atoms with E-state index < -0.39 is 6.67 Å². The summed E-state index contributed by atoms with van der Waals surface area (Å²) in [5.41, 5.74) is 1.91. The van der Waals surface area contributed by atoms with Crippen LogP contribution in [0.5, 0.6) is 0 Å². The first-order chi connectivity index (χ1) is 7.76. The predicted molar refractivity (Wildman–Crippen MR) is 68.5 cm³/mol. The highest BCUT2D eigenvalue weighted by atomic mass is 35.5. The van der Waals surface area contributed by atoms with E-state index in [-0.39, 0.29) is 18.4 Å². The van der Waals surface area contributed by atoms with E-state index in [1.807, 2.05) is 24.3 Å². The van der Waals surface area contributed by atoms with Crippen LogP contribution in [0.4, 0.5) is 10.1 Å². The molecule has 0 fully saturated rings. The van der Waals surface area contributed by atoms with E-state index in [9.17, 15) is 9.18 Å². The van der Waals surface area contributed by atoms with Gasteiger partial charge in [-0.05, 0) is 24.1 Å². The van der Waals surface area contributed by atoms with Crippen LogP contribution in [0.25, 0.3) is 0 Å². The lowest BCUT2D eigenvalue weighted by molar-refractivity contribution is -0.140. The Bertz CT molecular complexity index is 347. The average molecular weight is 262 g/mol. The van der Waals surface area contributed by atoms with Crippen LogP contribution in [0.15, 0.2) is 24.3 Å². The molecule has 0 aliphatic rings. The van der Waals surface area contributed by atoms with Gasteiger partial charge in [-0.2, -0.15) is 0 Å². The quantitative estimate of drug-likeness (QED) is 0.800. The number of nitrogens with one attached hydrogen (secondary N) is 1. The summed E-state index contributed by atoms with van der Waals surface area (Å²) in [5.74, 6) is -0.220. The molecule has 17 heavy (non-hydrogen) atoms. The SMILES string of the molecule is COC(=O)CCc1cccc(NCCF)c1.Cl. The molecule has 0 saturated heterocycles. The second kappa shape index (κ2) is 8.82. The van der Waals surface area contributed by atoms with Gasteiger partial charge in [-0.25, -0.2) is 4.39 Å². The first kappa shape index (κ1) is 15.7. The molecule has 1 N–H and O–H groups in total. The van der Waals surface area contributed by atoms with Crippen molar-refractivity contribution in [3.8, 4) is 0 Å². The number of hydrogen-bond acceptors (Lipinski definition) is 3. The Balaban J connectivity index is 0.00000256. The summed E-state index contributed by atoms with van der Waals surface area (Å²) in [7, 11) is 1.38. The van der Waals surface area contributed by atoms with Gasteiger partial charge in [-0.1, -0.05) is 12.1 Å². The third-order valence-electron chi connectivity index (χ3n) is 2.20. The molecule has 0 spiro atoms. The van der Waals surface area contributed by atoms with Crippen molar-refractivity contribution in [1.29, 1.82) is 0 Å².